The van der Waals surface area contributed by atoms with Gasteiger partial charge in [-0.05, 0) is 37.3 Å². The molecule has 0 saturated heterocycles. The number of amides is 1. The van der Waals surface area contributed by atoms with Crippen LogP contribution in [0.3, 0.4) is 0 Å². The van der Waals surface area contributed by atoms with Crippen LogP contribution in [-0.4, -0.2) is 48.6 Å². The second kappa shape index (κ2) is 11.1. The Bertz CT molecular complexity index is 1240. The molecule has 0 saturated carbocycles. The van der Waals surface area contributed by atoms with Gasteiger partial charge in [0.05, 0.1) is 24.8 Å². The van der Waals surface area contributed by atoms with E-state index >= 15 is 0 Å². The number of aryl methyl sites for hydroxylation is 1. The molecule has 3 aromatic rings. The summed E-state index contributed by atoms with van der Waals surface area (Å²) in [5, 5.41) is 6.67. The molecule has 0 aliphatic carbocycles. The fourth-order valence-corrected chi connectivity index (χ4v) is 3.21. The first kappa shape index (κ1) is 26.5. The van der Waals surface area contributed by atoms with Gasteiger partial charge in [-0.3, -0.25) is 9.48 Å². The zero-order chi connectivity index (χ0) is 26.5. The maximum atomic E-state index is 13.7. The van der Waals surface area contributed by atoms with E-state index in [0.717, 1.165) is 19.2 Å². The van der Waals surface area contributed by atoms with Crippen molar-refractivity contribution in [2.45, 2.75) is 19.2 Å². The first-order valence-electron chi connectivity index (χ1n) is 10.6. The molecule has 0 fully saturated rings. The van der Waals surface area contributed by atoms with Gasteiger partial charge >= 0.3 is 12.1 Å². The van der Waals surface area contributed by atoms with Gasteiger partial charge in [0, 0.05) is 38.1 Å². The van der Waals surface area contributed by atoms with Gasteiger partial charge in [-0.25, -0.2) is 4.79 Å². The fourth-order valence-electron chi connectivity index (χ4n) is 3.21. The van der Waals surface area contributed by atoms with Crippen molar-refractivity contribution in [1.29, 1.82) is 0 Å². The van der Waals surface area contributed by atoms with E-state index in [1.165, 1.54) is 30.0 Å². The number of nitrogens with one attached hydrogen (secondary N) is 1. The van der Waals surface area contributed by atoms with Crippen molar-refractivity contribution in [1.82, 2.24) is 9.78 Å². The number of alkyl halides is 3. The number of hydrogen-bond acceptors (Lipinski definition) is 7. The van der Waals surface area contributed by atoms with E-state index in [1.54, 1.807) is 26.2 Å². The van der Waals surface area contributed by atoms with Gasteiger partial charge in [-0.2, -0.15) is 18.3 Å². The summed E-state index contributed by atoms with van der Waals surface area (Å²) in [6.07, 6.45) is -3.63. The summed E-state index contributed by atoms with van der Waals surface area (Å²) in [5.41, 5.74) is -1.43. The lowest BCUT2D eigenvalue weighted by atomic mass is 10.1. The number of carbonyl (C=O) groups excluding carboxylic acids is 2. The molecule has 0 aliphatic rings. The molecule has 0 radical (unpaired) electrons. The van der Waals surface area contributed by atoms with Crippen LogP contribution in [0.4, 0.5) is 19.0 Å². The van der Waals surface area contributed by atoms with Crippen molar-refractivity contribution in [3.63, 3.8) is 0 Å². The molecule has 1 N–H and O–H groups in total. The van der Waals surface area contributed by atoms with Crippen molar-refractivity contribution < 1.29 is 41.7 Å². The van der Waals surface area contributed by atoms with Crippen molar-refractivity contribution in [2.24, 2.45) is 7.05 Å². The summed E-state index contributed by atoms with van der Waals surface area (Å²) in [5.74, 6) is -1.73. The summed E-state index contributed by atoms with van der Waals surface area (Å²) >= 11 is 0. The highest BCUT2D eigenvalue weighted by atomic mass is 19.4. The second-order valence-corrected chi connectivity index (χ2v) is 7.71. The Morgan fingerprint density at radius 2 is 1.78 bits per heavy atom. The summed E-state index contributed by atoms with van der Waals surface area (Å²) < 4.78 is 63.6. The lowest BCUT2D eigenvalue weighted by molar-refractivity contribution is -0.138. The molecule has 192 valence electrons. The topological polar surface area (TPSA) is 101 Å². The van der Waals surface area contributed by atoms with Crippen LogP contribution in [0.5, 0.6) is 17.2 Å². The van der Waals surface area contributed by atoms with E-state index in [-0.39, 0.29) is 35.1 Å². The Morgan fingerprint density at radius 1 is 1.06 bits per heavy atom. The Kier molecular flexibility index (Phi) is 8.20. The first-order valence-corrected chi connectivity index (χ1v) is 10.6. The van der Waals surface area contributed by atoms with Gasteiger partial charge in [-0.15, -0.1) is 0 Å². The Labute approximate surface area is 204 Å². The fraction of sp³-hybridized carbons (Fsp3) is 0.292. The lowest BCUT2D eigenvalue weighted by Gasteiger charge is -2.18. The number of ether oxygens (including phenoxy) is 4. The molecular formula is C24H24F3N3O6. The summed E-state index contributed by atoms with van der Waals surface area (Å²) in [7, 11) is 4.23. The normalized spacial score (nSPS) is 12.1. The van der Waals surface area contributed by atoms with Crippen LogP contribution >= 0.6 is 0 Å². The number of anilines is 1. The molecule has 0 bridgehead atoms. The molecule has 1 unspecified atom stereocenters. The van der Waals surface area contributed by atoms with E-state index in [0.29, 0.717) is 6.07 Å². The molecule has 12 heteroatoms. The number of halogens is 3. The van der Waals surface area contributed by atoms with Crippen molar-refractivity contribution in [3.05, 3.63) is 65.4 Å². The molecule has 1 aromatic heterocycles. The highest BCUT2D eigenvalue weighted by molar-refractivity contribution is 6.04. The van der Waals surface area contributed by atoms with Crippen LogP contribution in [0.25, 0.3) is 0 Å². The largest absolute Gasteiger partial charge is 0.488 e. The number of carbonyl (C=O) groups is 2. The third-order valence-electron chi connectivity index (χ3n) is 4.77. The van der Waals surface area contributed by atoms with Crippen LogP contribution in [0.15, 0.2) is 48.7 Å². The molecule has 2 aromatic carbocycles. The van der Waals surface area contributed by atoms with Gasteiger partial charge in [0.2, 0.25) is 0 Å². The standard InChI is InChI=1S/C24H24F3N3O6/c1-14(13-33-3)35-17-9-16(22(31)28-21-7-8-30(2)29-21)10-18(12-17)36-20-6-5-15(23(32)34-4)11-19(20)24(25,26)27/h5-12,14H,13H2,1-4H3,(H,28,29,31). The Morgan fingerprint density at radius 3 is 2.39 bits per heavy atom. The molecule has 0 aliphatic heterocycles. The molecule has 36 heavy (non-hydrogen) atoms. The van der Waals surface area contributed by atoms with E-state index in [9.17, 15) is 22.8 Å². The summed E-state index contributed by atoms with van der Waals surface area (Å²) in [6, 6.07) is 8.39. The average Bonchev–Trinajstić information content (AvgIpc) is 3.22. The van der Waals surface area contributed by atoms with Gasteiger partial charge in [-0.1, -0.05) is 0 Å². The molecule has 9 nitrogen and oxygen atoms in total. The predicted octanol–water partition coefficient (Wildman–Crippen LogP) is 4.68. The van der Waals surface area contributed by atoms with Gasteiger partial charge in [0.15, 0.2) is 5.82 Å². The van der Waals surface area contributed by atoms with Crippen LogP contribution in [0.2, 0.25) is 0 Å². The zero-order valence-electron chi connectivity index (χ0n) is 19.9. The quantitative estimate of drug-likeness (QED) is 0.420. The maximum Gasteiger partial charge on any atom is 0.420 e. The maximum absolute atomic E-state index is 13.7. The molecule has 3 rings (SSSR count). The van der Waals surface area contributed by atoms with Gasteiger partial charge in [0.1, 0.15) is 23.4 Å². The number of benzene rings is 2. The smallest absolute Gasteiger partial charge is 0.420 e. The van der Waals surface area contributed by atoms with Crippen molar-refractivity contribution in [3.8, 4) is 17.2 Å². The van der Waals surface area contributed by atoms with E-state index in [4.69, 9.17) is 14.2 Å². The minimum Gasteiger partial charge on any atom is -0.488 e. The van der Waals surface area contributed by atoms with Crippen LogP contribution in [0, 0.1) is 0 Å². The summed E-state index contributed by atoms with van der Waals surface area (Å²) in [4.78, 5) is 24.6. The summed E-state index contributed by atoms with van der Waals surface area (Å²) in [6.45, 7) is 1.95. The highest BCUT2D eigenvalue weighted by Gasteiger charge is 2.35. The average molecular weight is 507 g/mol. The van der Waals surface area contributed by atoms with E-state index in [2.05, 4.69) is 15.2 Å². The first-order chi connectivity index (χ1) is 17.0. The number of rotatable bonds is 9. The van der Waals surface area contributed by atoms with Crippen molar-refractivity contribution in [2.75, 3.05) is 26.1 Å². The number of hydrogen-bond donors (Lipinski definition) is 1. The third kappa shape index (κ3) is 6.75. The Hall–Kier alpha value is -4.06. The molecule has 0 spiro atoms. The van der Waals surface area contributed by atoms with Crippen LogP contribution in [0.1, 0.15) is 33.2 Å². The molecule has 1 atom stereocenters. The minimum absolute atomic E-state index is 0.0532. The van der Waals surface area contributed by atoms with E-state index < -0.39 is 35.5 Å². The number of methoxy groups -OCH3 is 2. The molecular weight excluding hydrogens is 483 g/mol. The SMILES string of the molecule is COCC(C)Oc1cc(Oc2ccc(C(=O)OC)cc2C(F)(F)F)cc(C(=O)Nc2ccn(C)n2)c1. The monoisotopic (exact) mass is 507 g/mol. The second-order valence-electron chi connectivity index (χ2n) is 7.71. The lowest BCUT2D eigenvalue weighted by Crippen LogP contribution is -2.19. The van der Waals surface area contributed by atoms with Crippen LogP contribution in [-0.2, 0) is 22.7 Å². The Balaban J connectivity index is 1.99. The van der Waals surface area contributed by atoms with Crippen molar-refractivity contribution >= 4 is 17.7 Å². The minimum atomic E-state index is -4.83. The van der Waals surface area contributed by atoms with Gasteiger partial charge in [0.25, 0.3) is 5.91 Å². The zero-order valence-corrected chi connectivity index (χ0v) is 19.9. The van der Waals surface area contributed by atoms with E-state index in [1.807, 2.05) is 0 Å². The molecule has 1 amide bonds. The molecule has 1 heterocycles. The highest BCUT2D eigenvalue weighted by Crippen LogP contribution is 2.39. The predicted molar refractivity (Wildman–Crippen MR) is 122 cm³/mol. The number of nitrogens with zero attached hydrogens (tertiary/aromatic N) is 2. The third-order valence-corrected chi connectivity index (χ3v) is 4.77. The number of esters is 1. The number of aromatic nitrogens is 2. The van der Waals surface area contributed by atoms with Gasteiger partial charge < -0.3 is 24.3 Å². The van der Waals surface area contributed by atoms with Crippen LogP contribution < -0.4 is 14.8 Å².